The first kappa shape index (κ1) is 26.8. The van der Waals surface area contributed by atoms with Crippen LogP contribution in [0.2, 0.25) is 0 Å². The van der Waals surface area contributed by atoms with Gasteiger partial charge in [-0.3, -0.25) is 4.79 Å². The lowest BCUT2D eigenvalue weighted by Gasteiger charge is -2.34. The first-order valence-electron chi connectivity index (χ1n) is 13.5. The van der Waals surface area contributed by atoms with Crippen molar-refractivity contribution in [2.24, 2.45) is 0 Å². The van der Waals surface area contributed by atoms with E-state index in [1.807, 2.05) is 43.9 Å². The number of piperidine rings is 1. The number of hydrogen-bond acceptors (Lipinski definition) is 6. The van der Waals surface area contributed by atoms with E-state index in [-0.39, 0.29) is 18.1 Å². The van der Waals surface area contributed by atoms with Gasteiger partial charge in [0.25, 0.3) is 0 Å². The van der Waals surface area contributed by atoms with Crippen LogP contribution in [-0.4, -0.2) is 51.8 Å². The quantitative estimate of drug-likeness (QED) is 0.343. The fourth-order valence-corrected chi connectivity index (χ4v) is 5.35. The Hall–Kier alpha value is -3.78. The number of amides is 1. The molecule has 0 unspecified atom stereocenters. The first-order valence-corrected chi connectivity index (χ1v) is 13.5. The molecular weight excluding hydrogens is 495 g/mol. The van der Waals surface area contributed by atoms with Crippen molar-refractivity contribution in [2.45, 2.75) is 59.1 Å². The van der Waals surface area contributed by atoms with Crippen molar-refractivity contribution < 1.29 is 18.8 Å². The van der Waals surface area contributed by atoms with Gasteiger partial charge in [-0.05, 0) is 69.4 Å². The molecule has 5 rings (SSSR count). The molecular formula is C31H35FN4O3. The van der Waals surface area contributed by atoms with Gasteiger partial charge in [0.05, 0.1) is 23.7 Å². The number of nitrogens with zero attached hydrogens (tertiary/aromatic N) is 4. The Bertz CT molecular complexity index is 1450. The second-order valence-electron chi connectivity index (χ2n) is 10.5. The van der Waals surface area contributed by atoms with Crippen LogP contribution < -0.4 is 4.90 Å². The van der Waals surface area contributed by atoms with Crippen LogP contribution in [0.1, 0.15) is 46.5 Å². The molecule has 1 saturated heterocycles. The molecule has 0 radical (unpaired) electrons. The van der Waals surface area contributed by atoms with E-state index in [9.17, 15) is 14.3 Å². The molecule has 204 valence electrons. The molecule has 0 bridgehead atoms. The number of halogens is 1. The number of carbonyl (C=O) groups excluding carboxylic acids is 1. The van der Waals surface area contributed by atoms with Gasteiger partial charge in [-0.15, -0.1) is 0 Å². The largest absolute Gasteiger partial charge is 0.391 e. The fourth-order valence-electron chi connectivity index (χ4n) is 5.35. The van der Waals surface area contributed by atoms with Crippen molar-refractivity contribution in [1.29, 1.82) is 0 Å². The van der Waals surface area contributed by atoms with Crippen molar-refractivity contribution in [1.82, 2.24) is 15.0 Å². The monoisotopic (exact) mass is 530 g/mol. The topological polar surface area (TPSA) is 82.7 Å². The van der Waals surface area contributed by atoms with E-state index in [1.165, 1.54) is 12.1 Å². The highest BCUT2D eigenvalue weighted by atomic mass is 19.1. The third-order valence-corrected chi connectivity index (χ3v) is 7.61. The number of aliphatic hydroxyl groups is 1. The second-order valence-corrected chi connectivity index (χ2v) is 10.5. The molecule has 4 aromatic rings. The number of aromatic nitrogens is 2. The van der Waals surface area contributed by atoms with Crippen molar-refractivity contribution in [3.8, 4) is 0 Å². The standard InChI is InChI=1S/C31H35FN4O3/c1-20-6-4-7-24-16-25(31(33-30(20)24)36-14-5-8-27(37)19-36)18-35(15-13-23-9-11-26(32)12-10-23)29(38)17-28-21(2)34-39-22(28)3/h4,6-7,9-12,16,27,37H,5,8,13-15,17-19H2,1-3H3/t27-/m0/s1. The van der Waals surface area contributed by atoms with Crippen molar-refractivity contribution in [3.63, 3.8) is 0 Å². The van der Waals surface area contributed by atoms with Crippen molar-refractivity contribution >= 4 is 22.6 Å². The van der Waals surface area contributed by atoms with Crippen molar-refractivity contribution in [3.05, 3.63) is 88.1 Å². The van der Waals surface area contributed by atoms with Gasteiger partial charge in [-0.25, -0.2) is 9.37 Å². The summed E-state index contributed by atoms with van der Waals surface area (Å²) in [6.45, 7) is 7.85. The molecule has 0 aliphatic carbocycles. The zero-order valence-corrected chi connectivity index (χ0v) is 22.8. The molecule has 7 nitrogen and oxygen atoms in total. The number of pyridine rings is 1. The van der Waals surface area contributed by atoms with E-state index in [0.29, 0.717) is 37.5 Å². The zero-order valence-electron chi connectivity index (χ0n) is 22.8. The van der Waals surface area contributed by atoms with Crippen LogP contribution in [0.3, 0.4) is 0 Å². The number of para-hydroxylation sites is 1. The Labute approximate surface area is 228 Å². The predicted molar refractivity (Wildman–Crippen MR) is 149 cm³/mol. The predicted octanol–water partition coefficient (Wildman–Crippen LogP) is 5.06. The van der Waals surface area contributed by atoms with E-state index >= 15 is 0 Å². The molecule has 1 N–H and O–H groups in total. The van der Waals surface area contributed by atoms with Crippen LogP contribution in [-0.2, 0) is 24.2 Å². The maximum Gasteiger partial charge on any atom is 0.227 e. The fraction of sp³-hybridized carbons (Fsp3) is 0.387. The number of benzene rings is 2. The number of rotatable bonds is 8. The molecule has 0 saturated carbocycles. The van der Waals surface area contributed by atoms with E-state index in [4.69, 9.17) is 9.51 Å². The smallest absolute Gasteiger partial charge is 0.227 e. The normalized spacial score (nSPS) is 15.6. The number of aryl methyl sites for hydroxylation is 3. The molecule has 1 amide bonds. The van der Waals surface area contributed by atoms with Crippen LogP contribution in [0.25, 0.3) is 10.9 Å². The van der Waals surface area contributed by atoms with Gasteiger partial charge in [0.15, 0.2) is 0 Å². The number of carbonyl (C=O) groups is 1. The summed E-state index contributed by atoms with van der Waals surface area (Å²) in [7, 11) is 0. The van der Waals surface area contributed by atoms with Crippen LogP contribution >= 0.6 is 0 Å². The van der Waals surface area contributed by atoms with Crippen LogP contribution in [0.4, 0.5) is 10.2 Å². The van der Waals surface area contributed by atoms with Gasteiger partial charge in [-0.2, -0.15) is 0 Å². The lowest BCUT2D eigenvalue weighted by molar-refractivity contribution is -0.131. The van der Waals surface area contributed by atoms with Gasteiger partial charge < -0.3 is 19.4 Å². The van der Waals surface area contributed by atoms with Gasteiger partial charge in [0.2, 0.25) is 5.91 Å². The molecule has 2 aromatic heterocycles. The minimum Gasteiger partial charge on any atom is -0.391 e. The zero-order chi connectivity index (χ0) is 27.5. The third-order valence-electron chi connectivity index (χ3n) is 7.61. The average Bonchev–Trinajstić information content (AvgIpc) is 3.23. The Kier molecular flexibility index (Phi) is 7.93. The molecule has 1 aliphatic rings. The summed E-state index contributed by atoms with van der Waals surface area (Å²) in [5.41, 5.74) is 5.42. The SMILES string of the molecule is Cc1noc(C)c1CC(=O)N(CCc1ccc(F)cc1)Cc1cc2cccc(C)c2nc1N1CCC[C@H](O)C1. The van der Waals surface area contributed by atoms with E-state index < -0.39 is 6.10 Å². The Morgan fingerprint density at radius 3 is 2.69 bits per heavy atom. The Morgan fingerprint density at radius 1 is 1.18 bits per heavy atom. The maximum atomic E-state index is 13.8. The second kappa shape index (κ2) is 11.5. The summed E-state index contributed by atoms with van der Waals surface area (Å²) >= 11 is 0. The van der Waals surface area contributed by atoms with Crippen LogP contribution in [0, 0.1) is 26.6 Å². The minimum atomic E-state index is -0.406. The summed E-state index contributed by atoms with van der Waals surface area (Å²) in [6, 6.07) is 14.6. The highest BCUT2D eigenvalue weighted by Gasteiger charge is 2.25. The molecule has 8 heteroatoms. The van der Waals surface area contributed by atoms with Gasteiger partial charge in [0.1, 0.15) is 17.4 Å². The van der Waals surface area contributed by atoms with E-state index in [1.54, 1.807) is 12.1 Å². The highest BCUT2D eigenvalue weighted by Crippen LogP contribution is 2.29. The van der Waals surface area contributed by atoms with Gasteiger partial charge in [-0.1, -0.05) is 35.5 Å². The minimum absolute atomic E-state index is 0.0412. The van der Waals surface area contributed by atoms with Crippen LogP contribution in [0.5, 0.6) is 0 Å². The molecule has 1 atom stereocenters. The van der Waals surface area contributed by atoms with Gasteiger partial charge in [0, 0.05) is 42.7 Å². The number of fused-ring (bicyclic) bond motifs is 1. The molecule has 1 aliphatic heterocycles. The van der Waals surface area contributed by atoms with E-state index in [0.717, 1.165) is 58.4 Å². The van der Waals surface area contributed by atoms with Crippen molar-refractivity contribution in [2.75, 3.05) is 24.5 Å². The molecule has 0 spiro atoms. The molecule has 2 aromatic carbocycles. The summed E-state index contributed by atoms with van der Waals surface area (Å²) in [5.74, 6) is 1.13. The third kappa shape index (κ3) is 6.11. The summed E-state index contributed by atoms with van der Waals surface area (Å²) in [5, 5.41) is 15.5. The van der Waals surface area contributed by atoms with E-state index in [2.05, 4.69) is 16.1 Å². The number of hydrogen-bond donors (Lipinski definition) is 1. The number of aliphatic hydroxyl groups excluding tert-OH is 1. The summed E-state index contributed by atoms with van der Waals surface area (Å²) in [4.78, 5) is 22.9. The average molecular weight is 531 g/mol. The molecule has 39 heavy (non-hydrogen) atoms. The lowest BCUT2D eigenvalue weighted by atomic mass is 10.0. The molecule has 1 fully saturated rings. The highest BCUT2D eigenvalue weighted by molar-refractivity contribution is 5.85. The lowest BCUT2D eigenvalue weighted by Crippen LogP contribution is -2.40. The number of anilines is 1. The van der Waals surface area contributed by atoms with Crippen LogP contribution in [0.15, 0.2) is 53.1 Å². The Balaban J connectivity index is 1.50. The maximum absolute atomic E-state index is 13.8. The Morgan fingerprint density at radius 2 is 1.97 bits per heavy atom. The first-order chi connectivity index (χ1) is 18.8. The summed E-state index contributed by atoms with van der Waals surface area (Å²) in [6.07, 6.45) is 2.02. The molecule has 3 heterocycles. The van der Waals surface area contributed by atoms with Gasteiger partial charge >= 0.3 is 0 Å². The number of β-amino-alcohol motifs (C(OH)–C–C–N with tert-alkyl or cyclic N) is 1. The summed E-state index contributed by atoms with van der Waals surface area (Å²) < 4.78 is 18.8.